The van der Waals surface area contributed by atoms with Crippen molar-refractivity contribution in [3.05, 3.63) is 130 Å². The third kappa shape index (κ3) is 19.4. The van der Waals surface area contributed by atoms with Crippen LogP contribution in [0, 0.1) is 0 Å². The minimum absolute atomic E-state index is 0.0253. The van der Waals surface area contributed by atoms with Gasteiger partial charge < -0.3 is 75.1 Å². The van der Waals surface area contributed by atoms with Gasteiger partial charge in [0.05, 0.1) is 12.1 Å². The van der Waals surface area contributed by atoms with Crippen LogP contribution in [0.25, 0.3) is 0 Å². The number of hydrogen-bond donors (Lipinski definition) is 13. The Bertz CT molecular complexity index is 2800. The van der Waals surface area contributed by atoms with Crippen LogP contribution in [0.1, 0.15) is 58.8 Å². The molecule has 4 aromatic rings. The lowest BCUT2D eigenvalue weighted by Crippen LogP contribution is -2.62. The number of hydrogen-bond acceptors (Lipinski definition) is 16. The molecule has 80 heavy (non-hydrogen) atoms. The van der Waals surface area contributed by atoms with Crippen molar-refractivity contribution in [3.63, 3.8) is 0 Å². The Morgan fingerprint density at radius 2 is 1.19 bits per heavy atom. The quantitative estimate of drug-likeness (QED) is 0.0419. The molecule has 26 heteroatoms. The Morgan fingerprint density at radius 1 is 0.688 bits per heavy atom. The minimum Gasteiger partial charge on any atom is -0.508 e. The second kappa shape index (κ2) is 30.8. The molecule has 1 saturated heterocycles. The number of phenols is 2. The zero-order valence-electron chi connectivity index (χ0n) is 44.0. The molecule has 1 aliphatic rings. The van der Waals surface area contributed by atoms with Crippen molar-refractivity contribution >= 4 is 86.4 Å². The Kier molecular flexibility index (Phi) is 24.4. The number of nitrogens with zero attached hydrogens (tertiary/aromatic N) is 1. The second-order valence-corrected chi connectivity index (χ2v) is 22.2. The molecule has 23 nitrogen and oxygen atoms in total. The molecule has 2 unspecified atom stereocenters. The largest absolute Gasteiger partial charge is 0.508 e. The molecule has 1 fully saturated rings. The normalized spacial score (nSPS) is 21.1. The first kappa shape index (κ1) is 63.4. The molecule has 4 aromatic carbocycles. The highest BCUT2D eigenvalue weighted by atomic mass is 35.5. The fourth-order valence-electron chi connectivity index (χ4n) is 8.46. The van der Waals surface area contributed by atoms with E-state index in [0.29, 0.717) is 33.7 Å². The summed E-state index contributed by atoms with van der Waals surface area (Å²) in [7, 11) is 3.14. The van der Waals surface area contributed by atoms with Gasteiger partial charge >= 0.3 is 0 Å². The number of amides is 9. The van der Waals surface area contributed by atoms with Crippen LogP contribution in [-0.2, 0) is 64.0 Å². The lowest BCUT2D eigenvalue weighted by Gasteiger charge is -2.34. The van der Waals surface area contributed by atoms with E-state index in [4.69, 9.17) is 34.5 Å². The molecule has 0 saturated carbocycles. The van der Waals surface area contributed by atoms with Gasteiger partial charge in [-0.05, 0) is 110 Å². The average Bonchev–Trinajstić information content (AvgIpc) is 3.44. The number of primary amides is 2. The van der Waals surface area contributed by atoms with Crippen LogP contribution in [0.4, 0.5) is 0 Å². The molecule has 0 spiro atoms. The van der Waals surface area contributed by atoms with E-state index in [9.17, 15) is 58.5 Å². The number of unbranched alkanes of at least 4 members (excludes halogenated alkanes) is 1. The number of phenolic OH excluding ortho intramolecular Hbond substituents is 2. The van der Waals surface area contributed by atoms with E-state index in [1.807, 2.05) is 0 Å². The van der Waals surface area contributed by atoms with Crippen molar-refractivity contribution < 1.29 is 58.5 Å². The summed E-state index contributed by atoms with van der Waals surface area (Å²) in [4.78, 5) is 127. The third-order valence-electron chi connectivity index (χ3n) is 12.9. The first-order valence-electron chi connectivity index (χ1n) is 25.5. The second-order valence-electron chi connectivity index (χ2n) is 19.2. The Balaban J connectivity index is 1.60. The Morgan fingerprint density at radius 3 is 1.73 bits per heavy atom. The third-order valence-corrected chi connectivity index (χ3v) is 15.6. The molecule has 0 bridgehead atoms. The van der Waals surface area contributed by atoms with Gasteiger partial charge in [0.1, 0.15) is 53.8 Å². The van der Waals surface area contributed by atoms with Gasteiger partial charge in [-0.2, -0.15) is 0 Å². The van der Waals surface area contributed by atoms with Crippen molar-refractivity contribution in [3.8, 4) is 11.5 Å². The van der Waals surface area contributed by atoms with Crippen molar-refractivity contribution in [2.75, 3.05) is 25.1 Å². The van der Waals surface area contributed by atoms with Crippen LogP contribution in [0.2, 0.25) is 5.02 Å². The SMILES string of the molecule is CC(O)C1C(=O)N[C@H](C(=O)N[C@H](Cc2ccc(O)cc2)C(N)=O)CSSC[C@@H](NC(=O)[C@@H](N)Cc2ccc(Cl)cc2)C(=O)N[C@@H](Cc2ccc(O)cc2)C(=O)N[C@H](Cc2ccc(C(N)=O)cc2)C(=O)N[C@@H](CCCCN)C(=O)N1C. The van der Waals surface area contributed by atoms with Crippen molar-refractivity contribution in [2.45, 2.75) is 106 Å². The van der Waals surface area contributed by atoms with Gasteiger partial charge in [-0.15, -0.1) is 0 Å². The van der Waals surface area contributed by atoms with E-state index in [-0.39, 0.29) is 73.6 Å². The Hall–Kier alpha value is -7.42. The van der Waals surface area contributed by atoms with E-state index in [1.165, 1.54) is 86.8 Å². The van der Waals surface area contributed by atoms with Gasteiger partial charge in [-0.3, -0.25) is 43.2 Å². The molecule has 5 rings (SSSR count). The number of aliphatic hydroxyl groups excluding tert-OH is 1. The van der Waals surface area contributed by atoms with Crippen molar-refractivity contribution in [2.24, 2.45) is 22.9 Å². The number of rotatable bonds is 19. The van der Waals surface area contributed by atoms with Crippen LogP contribution in [0.15, 0.2) is 97.1 Å². The molecule has 1 heterocycles. The molecule has 0 radical (unpaired) electrons. The number of carbonyl (C=O) groups is 9. The van der Waals surface area contributed by atoms with Gasteiger partial charge in [0.15, 0.2) is 0 Å². The van der Waals surface area contributed by atoms with E-state index in [1.54, 1.807) is 24.3 Å². The summed E-state index contributed by atoms with van der Waals surface area (Å²) in [6.45, 7) is 1.45. The van der Waals surface area contributed by atoms with E-state index in [0.717, 1.165) is 26.5 Å². The van der Waals surface area contributed by atoms with Crippen LogP contribution in [0.5, 0.6) is 11.5 Å². The standard InChI is InChI=1S/C54H68ClN11O12S2/c1-29(67)45-53(77)65-44(51(75)61-40(47(59)71)24-32-10-18-36(68)19-11-32)28-80-79-27-43(64-48(72)38(57)23-30-8-16-35(55)17-9-30)52(76)63-42(26-33-12-20-37(69)21-13-33)50(74)62-41(25-31-6-14-34(15-7-31)46(58)70)49(73)60-39(5-3-4-22-56)54(78)66(45)2/h6-21,29,38-45,67-69H,3-5,22-28,56-57H2,1-2H3,(H2,58,70)(H2,59,71)(H,60,73)(H,61,75)(H,62,74)(H,63,76)(H,64,72)(H,65,77)/t29?,38-,39-,40+,41+,42-,43+,44-,45?/m0/s1. The number of nitrogens with one attached hydrogen (secondary N) is 6. The highest BCUT2D eigenvalue weighted by molar-refractivity contribution is 8.76. The minimum atomic E-state index is -1.71. The average molecular weight is 1160 g/mol. The Labute approximate surface area is 475 Å². The van der Waals surface area contributed by atoms with Crippen molar-refractivity contribution in [1.29, 1.82) is 0 Å². The highest BCUT2D eigenvalue weighted by Gasteiger charge is 2.39. The maximum Gasteiger partial charge on any atom is 0.248 e. The van der Waals surface area contributed by atoms with E-state index >= 15 is 0 Å². The maximum atomic E-state index is 14.8. The first-order chi connectivity index (χ1) is 38.0. The van der Waals surface area contributed by atoms with Crippen LogP contribution >= 0.6 is 33.2 Å². The summed E-state index contributed by atoms with van der Waals surface area (Å²) in [6, 6.07) is 12.3. The van der Waals surface area contributed by atoms with Gasteiger partial charge in [0.2, 0.25) is 53.2 Å². The summed E-state index contributed by atoms with van der Waals surface area (Å²) >= 11 is 6.07. The maximum absolute atomic E-state index is 14.8. The zero-order chi connectivity index (χ0) is 58.6. The van der Waals surface area contributed by atoms with Gasteiger partial charge in [0.25, 0.3) is 0 Å². The molecule has 9 amide bonds. The fraction of sp³-hybridized carbons (Fsp3) is 0.389. The van der Waals surface area contributed by atoms with Gasteiger partial charge in [-0.1, -0.05) is 81.7 Å². The number of nitrogens with two attached hydrogens (primary N) is 4. The molecule has 17 N–H and O–H groups in total. The summed E-state index contributed by atoms with van der Waals surface area (Å²) in [5.74, 6) is -8.63. The predicted molar refractivity (Wildman–Crippen MR) is 302 cm³/mol. The van der Waals surface area contributed by atoms with Crippen LogP contribution in [0.3, 0.4) is 0 Å². The predicted octanol–water partition coefficient (Wildman–Crippen LogP) is -0.426. The topological polar surface area (TPSA) is 394 Å². The lowest BCUT2D eigenvalue weighted by atomic mass is 10.00. The first-order valence-corrected chi connectivity index (χ1v) is 28.3. The molecule has 0 aromatic heterocycles. The number of halogens is 1. The summed E-state index contributed by atoms with van der Waals surface area (Å²) < 4.78 is 0. The van der Waals surface area contributed by atoms with Crippen molar-refractivity contribution in [1.82, 2.24) is 36.8 Å². The fourth-order valence-corrected chi connectivity index (χ4v) is 10.9. The van der Waals surface area contributed by atoms with Gasteiger partial charge in [0, 0.05) is 48.4 Å². The summed E-state index contributed by atoms with van der Waals surface area (Å²) in [5.41, 5.74) is 25.6. The highest BCUT2D eigenvalue weighted by Crippen LogP contribution is 2.25. The summed E-state index contributed by atoms with van der Waals surface area (Å²) in [5, 5.41) is 47.6. The van der Waals surface area contributed by atoms with Gasteiger partial charge in [-0.25, -0.2) is 0 Å². The monoisotopic (exact) mass is 1160 g/mol. The van der Waals surface area contributed by atoms with Crippen LogP contribution < -0.4 is 54.8 Å². The molecule has 430 valence electrons. The van der Waals surface area contributed by atoms with Crippen LogP contribution in [-0.4, -0.2) is 153 Å². The summed E-state index contributed by atoms with van der Waals surface area (Å²) in [6.07, 6.45) is -1.53. The number of carbonyl (C=O) groups excluding carboxylic acids is 9. The molecular formula is C54H68ClN11O12S2. The number of benzene rings is 4. The zero-order valence-corrected chi connectivity index (χ0v) is 46.4. The number of aromatic hydroxyl groups is 2. The van der Waals surface area contributed by atoms with E-state index in [2.05, 4.69) is 31.9 Å². The molecule has 1 aliphatic heterocycles. The molecule has 0 aliphatic carbocycles. The van der Waals surface area contributed by atoms with E-state index < -0.39 is 108 Å². The number of aliphatic hydroxyl groups is 1. The lowest BCUT2D eigenvalue weighted by molar-refractivity contribution is -0.146. The smallest absolute Gasteiger partial charge is 0.248 e. The number of likely N-dealkylation sites (N-methyl/N-ethyl adjacent to an activating group) is 1. The molecular weight excluding hydrogens is 1090 g/mol. The molecule has 9 atom stereocenters.